The van der Waals surface area contributed by atoms with E-state index in [0.29, 0.717) is 11.4 Å². The third-order valence-corrected chi connectivity index (χ3v) is 4.56. The normalized spacial score (nSPS) is 13.7. The zero-order chi connectivity index (χ0) is 20.1. The molecular weight excluding hydrogens is 426 g/mol. The number of carbonyl (C=O) groups is 3. The van der Waals surface area contributed by atoms with Crippen LogP contribution in [0.2, 0.25) is 0 Å². The molecule has 0 spiro atoms. The zero-order valence-corrected chi connectivity index (χ0v) is 16.7. The van der Waals surface area contributed by atoms with Crippen LogP contribution in [0.5, 0.6) is 0 Å². The average Bonchev–Trinajstić information content (AvgIpc) is 2.69. The summed E-state index contributed by atoms with van der Waals surface area (Å²) in [7, 11) is 0. The van der Waals surface area contributed by atoms with E-state index in [0.717, 1.165) is 10.0 Å². The fourth-order valence-electron chi connectivity index (χ4n) is 2.64. The van der Waals surface area contributed by atoms with E-state index in [9.17, 15) is 14.4 Å². The molecule has 0 unspecified atom stereocenters. The van der Waals surface area contributed by atoms with E-state index in [1.807, 2.05) is 19.1 Å². The first-order chi connectivity index (χ1) is 13.4. The van der Waals surface area contributed by atoms with Crippen molar-refractivity contribution in [2.24, 2.45) is 5.10 Å². The number of para-hydroxylation sites is 1. The Bertz CT molecular complexity index is 944. The number of aryl methyl sites for hydroxylation is 1. The summed E-state index contributed by atoms with van der Waals surface area (Å²) in [4.78, 5) is 36.4. The lowest BCUT2D eigenvalue weighted by atomic mass is 10.1. The van der Waals surface area contributed by atoms with E-state index in [1.165, 1.54) is 5.01 Å². The van der Waals surface area contributed by atoms with Gasteiger partial charge in [-0.05, 0) is 42.8 Å². The number of benzene rings is 2. The first-order valence-corrected chi connectivity index (χ1v) is 9.42. The number of hydrogen-bond acceptors (Lipinski definition) is 5. The Morgan fingerprint density at radius 2 is 1.93 bits per heavy atom. The predicted molar refractivity (Wildman–Crippen MR) is 109 cm³/mol. The van der Waals surface area contributed by atoms with E-state index >= 15 is 0 Å². The van der Waals surface area contributed by atoms with Crippen molar-refractivity contribution in [1.82, 2.24) is 0 Å². The van der Waals surface area contributed by atoms with Gasteiger partial charge >= 0.3 is 5.97 Å². The van der Waals surface area contributed by atoms with E-state index in [4.69, 9.17) is 4.74 Å². The second kappa shape index (κ2) is 8.79. The molecule has 144 valence electrons. The highest BCUT2D eigenvalue weighted by atomic mass is 79.9. The first-order valence-electron chi connectivity index (χ1n) is 8.62. The topological polar surface area (TPSA) is 88.1 Å². The zero-order valence-electron chi connectivity index (χ0n) is 15.1. The maximum atomic E-state index is 12.3. The average molecular weight is 444 g/mol. The number of carbonyl (C=O) groups excluding carboxylic acids is 3. The van der Waals surface area contributed by atoms with Crippen LogP contribution in [0.4, 0.5) is 11.4 Å². The van der Waals surface area contributed by atoms with Crippen molar-refractivity contribution >= 4 is 50.8 Å². The first kappa shape index (κ1) is 19.8. The Hall–Kier alpha value is -3.00. The van der Waals surface area contributed by atoms with Crippen LogP contribution >= 0.6 is 15.9 Å². The van der Waals surface area contributed by atoms with Crippen molar-refractivity contribution < 1.29 is 19.1 Å². The quantitative estimate of drug-likeness (QED) is 0.716. The highest BCUT2D eigenvalue weighted by Gasteiger charge is 2.26. The van der Waals surface area contributed by atoms with Gasteiger partial charge in [0.25, 0.3) is 5.91 Å². The number of rotatable bonds is 5. The number of amides is 2. The number of nitrogens with zero attached hydrogens (tertiary/aromatic N) is 2. The van der Waals surface area contributed by atoms with Gasteiger partial charge in [0.15, 0.2) is 6.61 Å². The van der Waals surface area contributed by atoms with Crippen LogP contribution in [0.1, 0.15) is 18.4 Å². The van der Waals surface area contributed by atoms with Crippen molar-refractivity contribution in [3.05, 3.63) is 58.6 Å². The number of nitrogens with one attached hydrogen (secondary N) is 1. The number of anilines is 2. The summed E-state index contributed by atoms with van der Waals surface area (Å²) in [5.74, 6) is -1.37. The van der Waals surface area contributed by atoms with Gasteiger partial charge < -0.3 is 10.1 Å². The van der Waals surface area contributed by atoms with Crippen molar-refractivity contribution in [3.63, 3.8) is 0 Å². The molecule has 2 amide bonds. The molecule has 0 aliphatic carbocycles. The molecule has 0 atom stereocenters. The van der Waals surface area contributed by atoms with Gasteiger partial charge in [-0.2, -0.15) is 5.10 Å². The van der Waals surface area contributed by atoms with Crippen LogP contribution in [0.3, 0.4) is 0 Å². The fourth-order valence-corrected chi connectivity index (χ4v) is 3.12. The highest BCUT2D eigenvalue weighted by Crippen LogP contribution is 2.21. The third-order valence-electron chi connectivity index (χ3n) is 4.07. The number of esters is 1. The monoisotopic (exact) mass is 443 g/mol. The Morgan fingerprint density at radius 3 is 2.64 bits per heavy atom. The molecule has 2 aromatic carbocycles. The number of hydrazone groups is 1. The number of halogens is 1. The Balaban J connectivity index is 1.61. The van der Waals surface area contributed by atoms with Crippen LogP contribution in [0.15, 0.2) is 58.1 Å². The van der Waals surface area contributed by atoms with Crippen molar-refractivity contribution in [2.75, 3.05) is 16.9 Å². The molecule has 0 fully saturated rings. The minimum Gasteiger partial charge on any atom is -0.451 e. The van der Waals surface area contributed by atoms with Gasteiger partial charge in [-0.3, -0.25) is 9.59 Å². The molecule has 0 saturated carbocycles. The van der Waals surface area contributed by atoms with Crippen LogP contribution in [-0.2, 0) is 19.1 Å². The van der Waals surface area contributed by atoms with Crippen molar-refractivity contribution in [1.29, 1.82) is 0 Å². The van der Waals surface area contributed by atoms with Gasteiger partial charge in [-0.15, -0.1) is 0 Å². The predicted octanol–water partition coefficient (Wildman–Crippen LogP) is 3.42. The van der Waals surface area contributed by atoms with Crippen molar-refractivity contribution in [3.8, 4) is 0 Å². The summed E-state index contributed by atoms with van der Waals surface area (Å²) >= 11 is 3.36. The van der Waals surface area contributed by atoms with Crippen molar-refractivity contribution in [2.45, 2.75) is 19.8 Å². The second-order valence-electron chi connectivity index (χ2n) is 6.17. The molecule has 2 aromatic rings. The molecule has 28 heavy (non-hydrogen) atoms. The summed E-state index contributed by atoms with van der Waals surface area (Å²) < 4.78 is 5.97. The maximum Gasteiger partial charge on any atom is 0.355 e. The minimum atomic E-state index is -0.712. The van der Waals surface area contributed by atoms with Gasteiger partial charge in [0.05, 0.1) is 5.69 Å². The number of ether oxygens (including phenoxy) is 1. The minimum absolute atomic E-state index is 0.107. The molecule has 0 aromatic heterocycles. The van der Waals surface area contributed by atoms with Crippen LogP contribution in [0, 0.1) is 6.92 Å². The molecule has 0 saturated heterocycles. The smallest absolute Gasteiger partial charge is 0.355 e. The van der Waals surface area contributed by atoms with Gasteiger partial charge in [0, 0.05) is 23.0 Å². The Morgan fingerprint density at radius 1 is 1.18 bits per heavy atom. The summed E-state index contributed by atoms with van der Waals surface area (Å²) in [6, 6.07) is 14.3. The molecule has 8 heteroatoms. The van der Waals surface area contributed by atoms with Gasteiger partial charge in [-0.25, -0.2) is 9.80 Å². The standard InChI is InChI=1S/C20H18BrN3O4/c1-13-11-14(21)7-8-16(13)22-18(25)12-28-20(27)17-9-10-19(26)24(23-17)15-5-3-2-4-6-15/h2-8,11H,9-10,12H2,1H3,(H,22,25). The molecule has 0 radical (unpaired) electrons. The van der Waals surface area contributed by atoms with Gasteiger partial charge in [0.1, 0.15) is 5.71 Å². The lowest BCUT2D eigenvalue weighted by Crippen LogP contribution is -2.35. The summed E-state index contributed by atoms with van der Waals surface area (Å²) in [5.41, 5.74) is 2.19. The fraction of sp³-hybridized carbons (Fsp3) is 0.200. The molecular formula is C20H18BrN3O4. The number of hydrogen-bond donors (Lipinski definition) is 1. The molecule has 1 aliphatic heterocycles. The highest BCUT2D eigenvalue weighted by molar-refractivity contribution is 9.10. The SMILES string of the molecule is Cc1cc(Br)ccc1NC(=O)COC(=O)C1=NN(c2ccccc2)C(=O)CC1. The lowest BCUT2D eigenvalue weighted by Gasteiger charge is -2.22. The van der Waals surface area contributed by atoms with Crippen LogP contribution in [0.25, 0.3) is 0 Å². The molecule has 0 bridgehead atoms. The molecule has 7 nitrogen and oxygen atoms in total. The van der Waals surface area contributed by atoms with Gasteiger partial charge in [-0.1, -0.05) is 34.1 Å². The second-order valence-corrected chi connectivity index (χ2v) is 7.09. The Labute approximate surface area is 170 Å². The molecule has 1 aliphatic rings. The van der Waals surface area contributed by atoms with Gasteiger partial charge in [0.2, 0.25) is 5.91 Å². The van der Waals surface area contributed by atoms with Crippen LogP contribution < -0.4 is 10.3 Å². The van der Waals surface area contributed by atoms with E-state index in [1.54, 1.807) is 36.4 Å². The van der Waals surface area contributed by atoms with E-state index < -0.39 is 18.5 Å². The van der Waals surface area contributed by atoms with E-state index in [2.05, 4.69) is 26.3 Å². The van der Waals surface area contributed by atoms with E-state index in [-0.39, 0.29) is 24.5 Å². The molecule has 3 rings (SSSR count). The summed E-state index contributed by atoms with van der Waals surface area (Å²) in [6.07, 6.45) is 0.321. The largest absolute Gasteiger partial charge is 0.451 e. The molecule has 1 heterocycles. The Kier molecular flexibility index (Phi) is 6.20. The summed E-state index contributed by atoms with van der Waals surface area (Å²) in [6.45, 7) is 1.42. The molecule has 1 N–H and O–H groups in total. The summed E-state index contributed by atoms with van der Waals surface area (Å²) in [5, 5.41) is 7.99. The van der Waals surface area contributed by atoms with Crippen LogP contribution in [-0.4, -0.2) is 30.1 Å². The maximum absolute atomic E-state index is 12.3. The lowest BCUT2D eigenvalue weighted by molar-refractivity contribution is -0.140. The third kappa shape index (κ3) is 4.83.